The third-order valence-electron chi connectivity index (χ3n) is 6.83. The summed E-state index contributed by atoms with van der Waals surface area (Å²) < 4.78 is 56.7. The number of hydrogen-bond acceptors (Lipinski definition) is 6. The van der Waals surface area contributed by atoms with E-state index in [0.29, 0.717) is 0 Å². The number of nitriles is 6. The van der Waals surface area contributed by atoms with Crippen LogP contribution in [0.3, 0.4) is 0 Å². The molecule has 0 saturated heterocycles. The minimum atomic E-state index is -1.25. The monoisotopic (exact) mass is 552 g/mol. The van der Waals surface area contributed by atoms with Crippen LogP contribution in [0.15, 0.2) is 59.7 Å². The first-order valence-electron chi connectivity index (χ1n) is 11.7. The Labute approximate surface area is 235 Å². The molecule has 0 bridgehead atoms. The lowest BCUT2D eigenvalue weighted by molar-refractivity contribution is 0.508. The lowest BCUT2D eigenvalue weighted by atomic mass is 9.89. The average molecular weight is 552 g/mol. The van der Waals surface area contributed by atoms with Crippen LogP contribution in [-0.2, 0) is 0 Å². The van der Waals surface area contributed by atoms with Gasteiger partial charge in [-0.3, -0.25) is 0 Å². The van der Waals surface area contributed by atoms with E-state index in [0.717, 1.165) is 24.3 Å². The summed E-state index contributed by atoms with van der Waals surface area (Å²) in [6, 6.07) is 19.7. The molecule has 0 N–H and O–H groups in total. The molecule has 0 fully saturated rings. The van der Waals surface area contributed by atoms with Gasteiger partial charge in [-0.1, -0.05) is 24.3 Å². The van der Waals surface area contributed by atoms with Gasteiger partial charge in [0.1, 0.15) is 47.6 Å². The van der Waals surface area contributed by atoms with E-state index in [1.165, 1.54) is 24.3 Å². The number of benzene rings is 3. The van der Waals surface area contributed by atoms with Gasteiger partial charge in [-0.05, 0) is 46.5 Å². The molecular formula is C32H8F4N6. The Bertz CT molecular complexity index is 1990. The summed E-state index contributed by atoms with van der Waals surface area (Å²) in [5, 5.41) is 58.3. The Hall–Kier alpha value is -6.72. The van der Waals surface area contributed by atoms with Crippen molar-refractivity contribution >= 4 is 33.4 Å². The molecule has 0 spiro atoms. The van der Waals surface area contributed by atoms with Gasteiger partial charge in [0.05, 0.1) is 11.1 Å². The van der Waals surface area contributed by atoms with Gasteiger partial charge in [0, 0.05) is 33.4 Å². The maximum absolute atomic E-state index is 14.2. The normalized spacial score (nSPS) is 12.8. The van der Waals surface area contributed by atoms with Crippen LogP contribution >= 0.6 is 0 Å². The van der Waals surface area contributed by atoms with Gasteiger partial charge in [0.25, 0.3) is 0 Å². The van der Waals surface area contributed by atoms with Crippen molar-refractivity contribution < 1.29 is 17.6 Å². The second-order valence-corrected chi connectivity index (χ2v) is 8.87. The first-order valence-corrected chi connectivity index (χ1v) is 11.7. The van der Waals surface area contributed by atoms with Crippen molar-refractivity contribution in [3.63, 3.8) is 0 Å². The highest BCUT2D eigenvalue weighted by atomic mass is 19.2. The van der Waals surface area contributed by atoms with Crippen LogP contribution in [0.5, 0.6) is 0 Å². The predicted molar refractivity (Wildman–Crippen MR) is 140 cm³/mol. The van der Waals surface area contributed by atoms with Crippen molar-refractivity contribution in [2.75, 3.05) is 0 Å². The van der Waals surface area contributed by atoms with Crippen molar-refractivity contribution in [3.8, 4) is 36.4 Å². The molecule has 0 saturated carbocycles. The van der Waals surface area contributed by atoms with Crippen molar-refractivity contribution in [2.24, 2.45) is 0 Å². The van der Waals surface area contributed by atoms with Gasteiger partial charge in [0.2, 0.25) is 0 Å². The third-order valence-corrected chi connectivity index (χ3v) is 6.83. The Balaban J connectivity index is 1.76. The van der Waals surface area contributed by atoms with E-state index >= 15 is 0 Å². The van der Waals surface area contributed by atoms with Crippen LogP contribution in [0.25, 0.3) is 33.4 Å². The maximum atomic E-state index is 14.2. The summed E-state index contributed by atoms with van der Waals surface area (Å²) in [7, 11) is 0. The lowest BCUT2D eigenvalue weighted by Gasteiger charge is -2.12. The van der Waals surface area contributed by atoms with Crippen LogP contribution in [0.1, 0.15) is 33.4 Å². The fourth-order valence-corrected chi connectivity index (χ4v) is 5.12. The topological polar surface area (TPSA) is 143 Å². The number of allylic oxidation sites excluding steroid dienone is 8. The second kappa shape index (κ2) is 10.1. The molecule has 2 aliphatic rings. The number of nitrogens with zero attached hydrogens (tertiary/aromatic N) is 6. The summed E-state index contributed by atoms with van der Waals surface area (Å²) in [5.74, 6) is -4.96. The predicted octanol–water partition coefficient (Wildman–Crippen LogP) is 6.74. The molecule has 0 amide bonds. The van der Waals surface area contributed by atoms with Crippen molar-refractivity contribution in [1.82, 2.24) is 0 Å². The van der Waals surface area contributed by atoms with E-state index in [1.807, 2.05) is 12.1 Å². The molecule has 2 aliphatic carbocycles. The molecule has 0 radical (unpaired) electrons. The number of hydrogen-bond donors (Lipinski definition) is 0. The number of halogens is 4. The van der Waals surface area contributed by atoms with Crippen molar-refractivity contribution in [3.05, 3.63) is 116 Å². The summed E-state index contributed by atoms with van der Waals surface area (Å²) in [6.07, 6.45) is 0. The molecule has 0 heterocycles. The first kappa shape index (κ1) is 26.9. The van der Waals surface area contributed by atoms with Crippen molar-refractivity contribution in [2.45, 2.75) is 0 Å². The van der Waals surface area contributed by atoms with E-state index in [4.69, 9.17) is 0 Å². The van der Waals surface area contributed by atoms with E-state index in [2.05, 4.69) is 0 Å². The largest absolute Gasteiger partial charge is 0.204 e. The van der Waals surface area contributed by atoms with Gasteiger partial charge < -0.3 is 0 Å². The zero-order valence-corrected chi connectivity index (χ0v) is 20.8. The van der Waals surface area contributed by atoms with Gasteiger partial charge in [-0.2, -0.15) is 31.6 Å². The maximum Gasteiger partial charge on any atom is 0.159 e. The minimum absolute atomic E-state index is 0.0175. The van der Waals surface area contributed by atoms with Crippen LogP contribution < -0.4 is 0 Å². The van der Waals surface area contributed by atoms with Gasteiger partial charge >= 0.3 is 0 Å². The highest BCUT2D eigenvalue weighted by molar-refractivity contribution is 6.27. The third kappa shape index (κ3) is 3.82. The summed E-state index contributed by atoms with van der Waals surface area (Å²) in [6.45, 7) is 0. The van der Waals surface area contributed by atoms with Gasteiger partial charge in [-0.25, -0.2) is 17.6 Å². The number of fused-ring (bicyclic) bond motifs is 2. The van der Waals surface area contributed by atoms with E-state index in [-0.39, 0.29) is 66.8 Å². The highest BCUT2D eigenvalue weighted by Crippen LogP contribution is 2.50. The average Bonchev–Trinajstić information content (AvgIpc) is 3.47. The SMILES string of the molecule is N#CC(C#N)=C1C(c2ccc(C3=C(C#N)c4cc(F)c(F)cc4C3=C(C#N)C#N)cc2)=C(C#N)c2cc(F)c(F)cc21. The summed E-state index contributed by atoms with van der Waals surface area (Å²) in [5.41, 5.74) is -0.761. The standard InChI is InChI=1S/C32H8F4N6/c33-25-5-19-21(7-27(25)35)31(17(9-37)10-38)29(23(19)13-41)15-1-2-16(4-3-15)30-24(14-42)20-6-26(34)28(36)8-22(20)32(30)18(11-39)12-40/h1-8H. The van der Waals surface area contributed by atoms with E-state index in [9.17, 15) is 49.1 Å². The zero-order valence-electron chi connectivity index (χ0n) is 20.8. The number of rotatable bonds is 2. The molecule has 194 valence electrons. The molecular weight excluding hydrogens is 544 g/mol. The fraction of sp³-hybridized carbons (Fsp3) is 0. The molecule has 0 aromatic heterocycles. The molecule has 0 atom stereocenters. The second-order valence-electron chi connectivity index (χ2n) is 8.87. The Morgan fingerprint density at radius 1 is 0.452 bits per heavy atom. The lowest BCUT2D eigenvalue weighted by Crippen LogP contribution is -1.95. The smallest absolute Gasteiger partial charge is 0.159 e. The zero-order chi connectivity index (χ0) is 30.3. The molecule has 3 aromatic carbocycles. The quantitative estimate of drug-likeness (QED) is 0.254. The molecule has 42 heavy (non-hydrogen) atoms. The van der Waals surface area contributed by atoms with E-state index < -0.39 is 34.4 Å². The van der Waals surface area contributed by atoms with Crippen LogP contribution in [0.4, 0.5) is 17.6 Å². The molecule has 3 aromatic rings. The first-order chi connectivity index (χ1) is 20.2. The van der Waals surface area contributed by atoms with Gasteiger partial charge in [0.15, 0.2) is 23.3 Å². The molecule has 0 aliphatic heterocycles. The highest BCUT2D eigenvalue weighted by Gasteiger charge is 2.34. The Kier molecular flexibility index (Phi) is 6.47. The van der Waals surface area contributed by atoms with Gasteiger partial charge in [-0.15, -0.1) is 0 Å². The minimum Gasteiger partial charge on any atom is -0.204 e. The molecule has 0 unspecified atom stereocenters. The van der Waals surface area contributed by atoms with Crippen LogP contribution in [0.2, 0.25) is 0 Å². The fourth-order valence-electron chi connectivity index (χ4n) is 5.12. The summed E-state index contributed by atoms with van der Waals surface area (Å²) >= 11 is 0. The van der Waals surface area contributed by atoms with Crippen molar-refractivity contribution in [1.29, 1.82) is 31.6 Å². The Morgan fingerprint density at radius 3 is 1.00 bits per heavy atom. The Morgan fingerprint density at radius 2 is 0.738 bits per heavy atom. The molecule has 5 rings (SSSR count). The molecule has 10 heteroatoms. The van der Waals surface area contributed by atoms with Crippen LogP contribution in [-0.4, -0.2) is 0 Å². The molecule has 6 nitrogen and oxygen atoms in total. The van der Waals surface area contributed by atoms with E-state index in [1.54, 1.807) is 24.3 Å². The summed E-state index contributed by atoms with van der Waals surface area (Å²) in [4.78, 5) is 0. The van der Waals surface area contributed by atoms with Crippen LogP contribution in [0, 0.1) is 91.3 Å².